The maximum Gasteiger partial charge on any atom is 0.148 e. The Balaban J connectivity index is 2.51. The van der Waals surface area contributed by atoms with E-state index >= 15 is 0 Å². The van der Waals surface area contributed by atoms with Crippen molar-refractivity contribution in [2.45, 2.75) is 26.3 Å². The monoisotopic (exact) mass is 151 g/mol. The van der Waals surface area contributed by atoms with Gasteiger partial charge in [0.1, 0.15) is 5.82 Å². The van der Waals surface area contributed by atoms with E-state index in [9.17, 15) is 0 Å². The fourth-order valence-corrected chi connectivity index (χ4v) is 0.733. The third-order valence-corrected chi connectivity index (χ3v) is 1.58. The van der Waals surface area contributed by atoms with Crippen molar-refractivity contribution in [2.24, 2.45) is 0 Å². The predicted octanol–water partition coefficient (Wildman–Crippen LogP) is 1.69. The van der Waals surface area contributed by atoms with Crippen molar-refractivity contribution in [3.05, 3.63) is 18.3 Å². The first-order valence-electron chi connectivity index (χ1n) is 3.87. The fourth-order valence-electron chi connectivity index (χ4n) is 0.733. The van der Waals surface area contributed by atoms with E-state index in [1.165, 1.54) is 0 Å². The normalized spacial score (nSPS) is 12.5. The summed E-state index contributed by atoms with van der Waals surface area (Å²) >= 11 is 0. The zero-order chi connectivity index (χ0) is 8.10. The summed E-state index contributed by atoms with van der Waals surface area (Å²) in [7, 11) is 0. The molecule has 0 spiro atoms. The number of hydrogen-bond donors (Lipinski definition) is 1. The quantitative estimate of drug-likeness (QED) is 0.714. The van der Waals surface area contributed by atoms with Gasteiger partial charge in [-0.05, 0) is 25.5 Å². The van der Waals surface area contributed by atoms with E-state index in [-0.39, 0.29) is 0 Å². The molecule has 0 aliphatic heterocycles. The van der Waals surface area contributed by atoms with Gasteiger partial charge in [0.25, 0.3) is 0 Å². The van der Waals surface area contributed by atoms with Crippen LogP contribution in [0.4, 0.5) is 5.82 Å². The Hall–Kier alpha value is -1.12. The molecular formula is C8H13N3. The second-order valence-electron chi connectivity index (χ2n) is 2.56. The third kappa shape index (κ3) is 2.53. The Morgan fingerprint density at radius 1 is 1.64 bits per heavy atom. The van der Waals surface area contributed by atoms with Crippen molar-refractivity contribution in [1.29, 1.82) is 0 Å². The van der Waals surface area contributed by atoms with Crippen LogP contribution in [0.5, 0.6) is 0 Å². The molecule has 11 heavy (non-hydrogen) atoms. The van der Waals surface area contributed by atoms with Crippen LogP contribution in [0.25, 0.3) is 0 Å². The lowest BCUT2D eigenvalue weighted by Crippen LogP contribution is -2.14. The molecule has 3 heteroatoms. The largest absolute Gasteiger partial charge is 0.366 e. The number of rotatable bonds is 3. The molecule has 0 saturated carbocycles. The highest BCUT2D eigenvalue weighted by Crippen LogP contribution is 2.02. The Labute approximate surface area is 66.8 Å². The molecule has 1 aromatic heterocycles. The van der Waals surface area contributed by atoms with Crippen LogP contribution in [-0.2, 0) is 0 Å². The number of anilines is 1. The molecule has 0 radical (unpaired) electrons. The average molecular weight is 151 g/mol. The van der Waals surface area contributed by atoms with Crippen LogP contribution < -0.4 is 5.32 Å². The zero-order valence-electron chi connectivity index (χ0n) is 6.91. The van der Waals surface area contributed by atoms with Crippen LogP contribution in [0.3, 0.4) is 0 Å². The summed E-state index contributed by atoms with van der Waals surface area (Å²) in [4.78, 5) is 0. The lowest BCUT2D eigenvalue weighted by atomic mass is 10.2. The van der Waals surface area contributed by atoms with Crippen LogP contribution in [-0.4, -0.2) is 16.2 Å². The summed E-state index contributed by atoms with van der Waals surface area (Å²) in [6.07, 6.45) is 2.76. The molecule has 1 unspecified atom stereocenters. The average Bonchev–Trinajstić information content (AvgIpc) is 2.06. The highest BCUT2D eigenvalue weighted by Gasteiger charge is 1.97. The first kappa shape index (κ1) is 7.98. The Morgan fingerprint density at radius 3 is 3.00 bits per heavy atom. The summed E-state index contributed by atoms with van der Waals surface area (Å²) in [6, 6.07) is 4.25. The van der Waals surface area contributed by atoms with Crippen LogP contribution in [0.2, 0.25) is 0 Å². The smallest absolute Gasteiger partial charge is 0.148 e. The molecule has 0 bridgehead atoms. The number of nitrogens with zero attached hydrogens (tertiary/aromatic N) is 2. The molecule has 0 aliphatic carbocycles. The van der Waals surface area contributed by atoms with E-state index in [4.69, 9.17) is 0 Å². The summed E-state index contributed by atoms with van der Waals surface area (Å²) in [5, 5.41) is 10.9. The van der Waals surface area contributed by atoms with Crippen molar-refractivity contribution < 1.29 is 0 Å². The molecular weight excluding hydrogens is 138 g/mol. The predicted molar refractivity (Wildman–Crippen MR) is 45.4 cm³/mol. The topological polar surface area (TPSA) is 37.8 Å². The van der Waals surface area contributed by atoms with Gasteiger partial charge in [-0.2, -0.15) is 5.10 Å². The molecule has 0 amide bonds. The molecule has 0 saturated heterocycles. The fraction of sp³-hybridized carbons (Fsp3) is 0.500. The van der Waals surface area contributed by atoms with Gasteiger partial charge in [0.15, 0.2) is 0 Å². The van der Waals surface area contributed by atoms with Gasteiger partial charge in [-0.1, -0.05) is 6.92 Å². The maximum absolute atomic E-state index is 3.91. The molecule has 1 heterocycles. The highest BCUT2D eigenvalue weighted by atomic mass is 15.2. The van der Waals surface area contributed by atoms with Crippen molar-refractivity contribution in [3.63, 3.8) is 0 Å². The Bertz CT molecular complexity index is 198. The van der Waals surface area contributed by atoms with Gasteiger partial charge >= 0.3 is 0 Å². The molecule has 1 atom stereocenters. The van der Waals surface area contributed by atoms with Crippen LogP contribution in [0.1, 0.15) is 20.3 Å². The molecule has 3 nitrogen and oxygen atoms in total. The third-order valence-electron chi connectivity index (χ3n) is 1.58. The van der Waals surface area contributed by atoms with Crippen LogP contribution in [0.15, 0.2) is 18.3 Å². The van der Waals surface area contributed by atoms with Gasteiger partial charge in [0.05, 0.1) is 0 Å². The van der Waals surface area contributed by atoms with E-state index < -0.39 is 0 Å². The Kier molecular flexibility index (Phi) is 2.83. The van der Waals surface area contributed by atoms with E-state index in [1.54, 1.807) is 6.20 Å². The van der Waals surface area contributed by atoms with E-state index in [0.717, 1.165) is 12.2 Å². The minimum atomic E-state index is 0.465. The molecule has 1 N–H and O–H groups in total. The van der Waals surface area contributed by atoms with Crippen molar-refractivity contribution >= 4 is 5.82 Å². The standard InChI is InChI=1S/C8H13N3/c1-3-7(2)10-8-5-4-6-9-11-8/h4-7H,3H2,1-2H3,(H,10,11). The van der Waals surface area contributed by atoms with Crippen molar-refractivity contribution in [2.75, 3.05) is 5.32 Å². The van der Waals surface area contributed by atoms with Gasteiger partial charge < -0.3 is 5.32 Å². The maximum atomic E-state index is 3.91. The van der Waals surface area contributed by atoms with E-state index in [0.29, 0.717) is 6.04 Å². The number of nitrogens with one attached hydrogen (secondary N) is 1. The SMILES string of the molecule is CCC(C)Nc1cccnn1. The molecule has 0 aliphatic rings. The summed E-state index contributed by atoms with van der Waals surface area (Å²) in [6.45, 7) is 4.25. The minimum absolute atomic E-state index is 0.465. The zero-order valence-corrected chi connectivity index (χ0v) is 6.91. The lowest BCUT2D eigenvalue weighted by Gasteiger charge is -2.10. The number of aromatic nitrogens is 2. The first-order chi connectivity index (χ1) is 5.33. The summed E-state index contributed by atoms with van der Waals surface area (Å²) < 4.78 is 0. The summed E-state index contributed by atoms with van der Waals surface area (Å²) in [5.74, 6) is 0.849. The van der Waals surface area contributed by atoms with Crippen molar-refractivity contribution in [1.82, 2.24) is 10.2 Å². The van der Waals surface area contributed by atoms with Gasteiger partial charge in [-0.15, -0.1) is 5.10 Å². The number of hydrogen-bond acceptors (Lipinski definition) is 3. The summed E-state index contributed by atoms with van der Waals surface area (Å²) in [5.41, 5.74) is 0. The van der Waals surface area contributed by atoms with Gasteiger partial charge in [0.2, 0.25) is 0 Å². The highest BCUT2D eigenvalue weighted by molar-refractivity contribution is 5.32. The second kappa shape index (κ2) is 3.91. The van der Waals surface area contributed by atoms with Gasteiger partial charge in [0, 0.05) is 12.2 Å². The molecule has 1 rings (SSSR count). The molecule has 0 aromatic carbocycles. The molecule has 1 aromatic rings. The Morgan fingerprint density at radius 2 is 2.45 bits per heavy atom. The first-order valence-corrected chi connectivity index (χ1v) is 3.87. The van der Waals surface area contributed by atoms with Crippen molar-refractivity contribution in [3.8, 4) is 0 Å². The van der Waals surface area contributed by atoms with E-state index in [1.807, 2.05) is 12.1 Å². The van der Waals surface area contributed by atoms with Crippen LogP contribution >= 0.6 is 0 Å². The van der Waals surface area contributed by atoms with Crippen LogP contribution in [0, 0.1) is 0 Å². The lowest BCUT2D eigenvalue weighted by molar-refractivity contribution is 0.755. The van der Waals surface area contributed by atoms with E-state index in [2.05, 4.69) is 29.4 Å². The minimum Gasteiger partial charge on any atom is -0.366 e. The van der Waals surface area contributed by atoms with Gasteiger partial charge in [-0.3, -0.25) is 0 Å². The molecule has 60 valence electrons. The van der Waals surface area contributed by atoms with Gasteiger partial charge in [-0.25, -0.2) is 0 Å². The molecule has 0 fully saturated rings. The second-order valence-corrected chi connectivity index (χ2v) is 2.56.